The third-order valence-electron chi connectivity index (χ3n) is 3.11. The Hall–Kier alpha value is -1.16. The Kier molecular flexibility index (Phi) is 6.22. The van der Waals surface area contributed by atoms with Gasteiger partial charge in [0, 0.05) is 18.2 Å². The highest BCUT2D eigenvalue weighted by molar-refractivity contribution is 5.15. The second-order valence-corrected chi connectivity index (χ2v) is 5.56. The van der Waals surface area contributed by atoms with E-state index in [1.165, 1.54) is 0 Å². The van der Waals surface area contributed by atoms with Gasteiger partial charge in [-0.2, -0.15) is 0 Å². The third kappa shape index (κ3) is 4.78. The molecule has 4 nitrogen and oxygen atoms in total. The first-order chi connectivity index (χ1) is 8.95. The minimum Gasteiger partial charge on any atom is -0.474 e. The standard InChI is InChI=1S/C15H27N3O/c1-7-17-12(6)15(10(2)3)13-8-16-9-14(18-13)19-11(4)5/h8-12,15,17H,7H2,1-6H3. The normalized spacial score (nSPS) is 14.7. The molecule has 0 saturated carbocycles. The van der Waals surface area contributed by atoms with Crippen LogP contribution in [0.5, 0.6) is 5.88 Å². The Morgan fingerprint density at radius 3 is 2.37 bits per heavy atom. The van der Waals surface area contributed by atoms with E-state index in [9.17, 15) is 0 Å². The van der Waals surface area contributed by atoms with Gasteiger partial charge in [-0.15, -0.1) is 0 Å². The zero-order valence-electron chi connectivity index (χ0n) is 13.0. The van der Waals surface area contributed by atoms with Gasteiger partial charge in [-0.25, -0.2) is 4.98 Å². The van der Waals surface area contributed by atoms with E-state index in [1.54, 1.807) is 6.20 Å². The van der Waals surface area contributed by atoms with Crippen molar-refractivity contribution in [3.8, 4) is 5.88 Å². The van der Waals surface area contributed by atoms with Gasteiger partial charge in [-0.3, -0.25) is 4.98 Å². The van der Waals surface area contributed by atoms with Crippen LogP contribution in [0.1, 0.15) is 53.2 Å². The molecule has 1 heterocycles. The van der Waals surface area contributed by atoms with Crippen LogP contribution >= 0.6 is 0 Å². The monoisotopic (exact) mass is 265 g/mol. The van der Waals surface area contributed by atoms with Gasteiger partial charge in [0.05, 0.1) is 18.0 Å². The van der Waals surface area contributed by atoms with E-state index in [2.05, 4.69) is 43.0 Å². The molecule has 2 atom stereocenters. The molecule has 4 heteroatoms. The van der Waals surface area contributed by atoms with Crippen molar-refractivity contribution < 1.29 is 4.74 Å². The molecule has 1 aromatic rings. The summed E-state index contributed by atoms with van der Waals surface area (Å²) in [5.74, 6) is 1.45. The molecule has 0 saturated heterocycles. The predicted octanol–water partition coefficient (Wildman–Crippen LogP) is 3.00. The molecule has 0 aliphatic rings. The highest BCUT2D eigenvalue weighted by Crippen LogP contribution is 2.27. The van der Waals surface area contributed by atoms with Gasteiger partial charge < -0.3 is 10.1 Å². The van der Waals surface area contributed by atoms with E-state index in [-0.39, 0.29) is 6.10 Å². The van der Waals surface area contributed by atoms with Crippen molar-refractivity contribution >= 4 is 0 Å². The summed E-state index contributed by atoms with van der Waals surface area (Å²) in [6, 6.07) is 0.369. The maximum Gasteiger partial charge on any atom is 0.232 e. The van der Waals surface area contributed by atoms with Crippen LogP contribution in [-0.2, 0) is 0 Å². The van der Waals surface area contributed by atoms with Gasteiger partial charge >= 0.3 is 0 Å². The average molecular weight is 265 g/mol. The first-order valence-electron chi connectivity index (χ1n) is 7.17. The third-order valence-corrected chi connectivity index (χ3v) is 3.11. The molecule has 1 rings (SSSR count). The lowest BCUT2D eigenvalue weighted by Gasteiger charge is -2.27. The van der Waals surface area contributed by atoms with Gasteiger partial charge in [0.1, 0.15) is 0 Å². The van der Waals surface area contributed by atoms with Crippen molar-refractivity contribution in [3.05, 3.63) is 18.1 Å². The smallest absolute Gasteiger partial charge is 0.232 e. The van der Waals surface area contributed by atoms with Gasteiger partial charge in [0.25, 0.3) is 0 Å². The van der Waals surface area contributed by atoms with Gasteiger partial charge in [-0.05, 0) is 33.2 Å². The molecule has 1 aromatic heterocycles. The Morgan fingerprint density at radius 1 is 1.16 bits per heavy atom. The van der Waals surface area contributed by atoms with Crippen LogP contribution < -0.4 is 10.1 Å². The summed E-state index contributed by atoms with van der Waals surface area (Å²) in [4.78, 5) is 8.88. The summed E-state index contributed by atoms with van der Waals surface area (Å²) < 4.78 is 5.63. The number of rotatable bonds is 7. The summed E-state index contributed by atoms with van der Waals surface area (Å²) in [6.07, 6.45) is 3.65. The molecule has 0 fully saturated rings. The summed E-state index contributed by atoms with van der Waals surface area (Å²) >= 11 is 0. The summed E-state index contributed by atoms with van der Waals surface area (Å²) in [5.41, 5.74) is 1.00. The van der Waals surface area contributed by atoms with Crippen molar-refractivity contribution in [2.75, 3.05) is 6.54 Å². The second kappa shape index (κ2) is 7.43. The zero-order chi connectivity index (χ0) is 14.4. The van der Waals surface area contributed by atoms with E-state index in [1.807, 2.05) is 20.0 Å². The molecule has 0 aromatic carbocycles. The quantitative estimate of drug-likeness (QED) is 0.823. The van der Waals surface area contributed by atoms with Crippen LogP contribution in [0.15, 0.2) is 12.4 Å². The molecule has 0 spiro atoms. The number of hydrogen-bond acceptors (Lipinski definition) is 4. The van der Waals surface area contributed by atoms with Gasteiger partial charge in [-0.1, -0.05) is 20.8 Å². The fourth-order valence-corrected chi connectivity index (χ4v) is 2.45. The van der Waals surface area contributed by atoms with Crippen LogP contribution in [-0.4, -0.2) is 28.7 Å². The van der Waals surface area contributed by atoms with Crippen LogP contribution in [0, 0.1) is 5.92 Å². The minimum atomic E-state index is 0.119. The molecule has 1 N–H and O–H groups in total. The molecule has 0 radical (unpaired) electrons. The topological polar surface area (TPSA) is 47.0 Å². The van der Waals surface area contributed by atoms with E-state index < -0.39 is 0 Å². The lowest BCUT2D eigenvalue weighted by atomic mass is 9.86. The highest BCUT2D eigenvalue weighted by Gasteiger charge is 2.24. The van der Waals surface area contributed by atoms with Gasteiger partial charge in [0.15, 0.2) is 0 Å². The van der Waals surface area contributed by atoms with E-state index in [0.717, 1.165) is 12.2 Å². The van der Waals surface area contributed by atoms with Crippen LogP contribution in [0.4, 0.5) is 0 Å². The maximum absolute atomic E-state index is 5.63. The summed E-state index contributed by atoms with van der Waals surface area (Å²) in [5, 5.41) is 3.48. The number of likely N-dealkylation sites (N-methyl/N-ethyl adjacent to an activating group) is 1. The molecule has 0 aliphatic carbocycles. The Morgan fingerprint density at radius 2 is 1.84 bits per heavy atom. The number of nitrogens with one attached hydrogen (secondary N) is 1. The zero-order valence-corrected chi connectivity index (χ0v) is 13.0. The van der Waals surface area contributed by atoms with Crippen LogP contribution in [0.2, 0.25) is 0 Å². The molecule has 0 aliphatic heterocycles. The van der Waals surface area contributed by atoms with Crippen molar-refractivity contribution in [2.45, 2.75) is 59.6 Å². The molecule has 108 valence electrons. The lowest BCUT2D eigenvalue weighted by molar-refractivity contribution is 0.229. The molecule has 2 unspecified atom stereocenters. The Labute approximate surface area is 117 Å². The lowest BCUT2D eigenvalue weighted by Crippen LogP contribution is -2.35. The largest absolute Gasteiger partial charge is 0.474 e. The molecular formula is C15H27N3O. The summed E-state index contributed by atoms with van der Waals surface area (Å²) in [6.45, 7) is 13.7. The minimum absolute atomic E-state index is 0.119. The first-order valence-corrected chi connectivity index (χ1v) is 7.17. The molecule has 0 amide bonds. The second-order valence-electron chi connectivity index (χ2n) is 5.56. The van der Waals surface area contributed by atoms with Crippen molar-refractivity contribution in [1.82, 2.24) is 15.3 Å². The number of nitrogens with zero attached hydrogens (tertiary/aromatic N) is 2. The Balaban J connectivity index is 2.96. The average Bonchev–Trinajstić information content (AvgIpc) is 2.28. The van der Waals surface area contributed by atoms with Crippen LogP contribution in [0.25, 0.3) is 0 Å². The first kappa shape index (κ1) is 15.9. The van der Waals surface area contributed by atoms with E-state index in [4.69, 9.17) is 4.74 Å². The maximum atomic E-state index is 5.63. The number of ether oxygens (including phenoxy) is 1. The predicted molar refractivity (Wildman–Crippen MR) is 78.5 cm³/mol. The van der Waals surface area contributed by atoms with Crippen molar-refractivity contribution in [1.29, 1.82) is 0 Å². The summed E-state index contributed by atoms with van der Waals surface area (Å²) in [7, 11) is 0. The van der Waals surface area contributed by atoms with Crippen LogP contribution in [0.3, 0.4) is 0 Å². The molecule has 19 heavy (non-hydrogen) atoms. The van der Waals surface area contributed by atoms with Gasteiger partial charge in [0.2, 0.25) is 5.88 Å². The number of aromatic nitrogens is 2. The van der Waals surface area contributed by atoms with Crippen molar-refractivity contribution in [3.63, 3.8) is 0 Å². The highest BCUT2D eigenvalue weighted by atomic mass is 16.5. The number of hydrogen-bond donors (Lipinski definition) is 1. The fraction of sp³-hybridized carbons (Fsp3) is 0.733. The van der Waals surface area contributed by atoms with E-state index >= 15 is 0 Å². The molecular weight excluding hydrogens is 238 g/mol. The SMILES string of the molecule is CCNC(C)C(c1cncc(OC(C)C)n1)C(C)C. The van der Waals surface area contributed by atoms with Crippen molar-refractivity contribution in [2.24, 2.45) is 5.92 Å². The van der Waals surface area contributed by atoms with E-state index in [0.29, 0.717) is 23.8 Å². The Bertz CT molecular complexity index is 379. The molecule has 0 bridgehead atoms. The fourth-order valence-electron chi connectivity index (χ4n) is 2.45.